The standard InChI is InChI=1S/C13H21NO3/c1-5-6-11(15)10-7-8-14(9-10)12(16)17-13(2,3)4/h5-6,10H,7-9H2,1-4H3/b6-5+/t10-/m0/s1. The fraction of sp³-hybridized carbons (Fsp3) is 0.692. The molecular weight excluding hydrogens is 218 g/mol. The number of nitrogens with zero attached hydrogens (tertiary/aromatic N) is 1. The van der Waals surface area contributed by atoms with Crippen LogP contribution in [0.15, 0.2) is 12.2 Å². The van der Waals surface area contributed by atoms with Crippen molar-refractivity contribution in [2.24, 2.45) is 5.92 Å². The summed E-state index contributed by atoms with van der Waals surface area (Å²) in [5, 5.41) is 0. The van der Waals surface area contributed by atoms with Crippen molar-refractivity contribution in [3.05, 3.63) is 12.2 Å². The van der Waals surface area contributed by atoms with E-state index in [1.54, 1.807) is 17.1 Å². The van der Waals surface area contributed by atoms with Gasteiger partial charge in [-0.3, -0.25) is 4.79 Å². The first-order chi connectivity index (χ1) is 7.83. The van der Waals surface area contributed by atoms with E-state index in [1.165, 1.54) is 0 Å². The lowest BCUT2D eigenvalue weighted by Crippen LogP contribution is -2.35. The fourth-order valence-corrected chi connectivity index (χ4v) is 1.79. The summed E-state index contributed by atoms with van der Waals surface area (Å²) in [6, 6.07) is 0. The summed E-state index contributed by atoms with van der Waals surface area (Å²) in [4.78, 5) is 25.0. The van der Waals surface area contributed by atoms with E-state index < -0.39 is 5.60 Å². The van der Waals surface area contributed by atoms with Crippen LogP contribution in [0.1, 0.15) is 34.1 Å². The van der Waals surface area contributed by atoms with Crippen LogP contribution < -0.4 is 0 Å². The van der Waals surface area contributed by atoms with Crippen LogP contribution >= 0.6 is 0 Å². The quantitative estimate of drug-likeness (QED) is 0.695. The molecule has 0 aromatic carbocycles. The molecule has 1 aliphatic rings. The van der Waals surface area contributed by atoms with E-state index in [4.69, 9.17) is 4.74 Å². The minimum absolute atomic E-state index is 0.0706. The molecule has 1 amide bonds. The molecule has 4 heteroatoms. The smallest absolute Gasteiger partial charge is 0.410 e. The van der Waals surface area contributed by atoms with Gasteiger partial charge >= 0.3 is 6.09 Å². The van der Waals surface area contributed by atoms with Gasteiger partial charge in [-0.1, -0.05) is 6.08 Å². The summed E-state index contributed by atoms with van der Waals surface area (Å²) in [6.45, 7) is 8.40. The molecule has 0 saturated carbocycles. The first kappa shape index (κ1) is 13.7. The Hall–Kier alpha value is -1.32. The van der Waals surface area contributed by atoms with Crippen molar-refractivity contribution in [2.45, 2.75) is 39.7 Å². The maximum absolute atomic E-state index is 11.8. The highest BCUT2D eigenvalue weighted by Crippen LogP contribution is 2.20. The molecule has 17 heavy (non-hydrogen) atoms. The van der Waals surface area contributed by atoms with Gasteiger partial charge in [0.15, 0.2) is 5.78 Å². The molecule has 1 aliphatic heterocycles. The normalized spacial score (nSPS) is 20.9. The average molecular weight is 239 g/mol. The second-order valence-electron chi connectivity index (χ2n) is 5.31. The van der Waals surface area contributed by atoms with Crippen LogP contribution in [-0.4, -0.2) is 35.5 Å². The zero-order valence-electron chi connectivity index (χ0n) is 11.0. The van der Waals surface area contributed by atoms with Crippen LogP contribution in [0.5, 0.6) is 0 Å². The van der Waals surface area contributed by atoms with Gasteiger partial charge in [0.05, 0.1) is 0 Å². The molecule has 0 N–H and O–H groups in total. The number of carbonyl (C=O) groups is 2. The molecule has 96 valence electrons. The molecule has 0 unspecified atom stereocenters. The van der Waals surface area contributed by atoms with Gasteiger partial charge in [-0.05, 0) is 40.2 Å². The van der Waals surface area contributed by atoms with Crippen molar-refractivity contribution in [1.82, 2.24) is 4.90 Å². The molecule has 1 heterocycles. The van der Waals surface area contributed by atoms with E-state index in [0.717, 1.165) is 6.42 Å². The highest BCUT2D eigenvalue weighted by molar-refractivity contribution is 5.92. The third-order valence-corrected chi connectivity index (χ3v) is 2.57. The van der Waals surface area contributed by atoms with Crippen LogP contribution in [0.4, 0.5) is 4.79 Å². The van der Waals surface area contributed by atoms with Gasteiger partial charge < -0.3 is 9.64 Å². The topological polar surface area (TPSA) is 46.6 Å². The zero-order valence-corrected chi connectivity index (χ0v) is 11.0. The van der Waals surface area contributed by atoms with E-state index in [-0.39, 0.29) is 17.8 Å². The average Bonchev–Trinajstić information content (AvgIpc) is 2.63. The monoisotopic (exact) mass is 239 g/mol. The van der Waals surface area contributed by atoms with E-state index in [9.17, 15) is 9.59 Å². The molecule has 1 rings (SSSR count). The van der Waals surface area contributed by atoms with Gasteiger partial charge in [0.2, 0.25) is 0 Å². The summed E-state index contributed by atoms with van der Waals surface area (Å²) in [5.41, 5.74) is -0.484. The van der Waals surface area contributed by atoms with Crippen LogP contribution in [-0.2, 0) is 9.53 Å². The molecule has 4 nitrogen and oxygen atoms in total. The number of ether oxygens (including phenoxy) is 1. The highest BCUT2D eigenvalue weighted by atomic mass is 16.6. The van der Waals surface area contributed by atoms with Gasteiger partial charge in [-0.2, -0.15) is 0 Å². The van der Waals surface area contributed by atoms with E-state index >= 15 is 0 Å². The van der Waals surface area contributed by atoms with Gasteiger partial charge in [-0.15, -0.1) is 0 Å². The Morgan fingerprint density at radius 1 is 1.35 bits per heavy atom. The van der Waals surface area contributed by atoms with Crippen LogP contribution in [0, 0.1) is 5.92 Å². The summed E-state index contributed by atoms with van der Waals surface area (Å²) < 4.78 is 5.27. The van der Waals surface area contributed by atoms with Gasteiger partial charge in [0.1, 0.15) is 5.60 Å². The number of allylic oxidation sites excluding steroid dienone is 2. The SMILES string of the molecule is C/C=C/C(=O)[C@H]1CCN(C(=O)OC(C)(C)C)C1. The molecule has 0 radical (unpaired) electrons. The zero-order chi connectivity index (χ0) is 13.1. The Bertz CT molecular complexity index is 328. The maximum Gasteiger partial charge on any atom is 0.410 e. The lowest BCUT2D eigenvalue weighted by Gasteiger charge is -2.24. The predicted octanol–water partition coefficient (Wildman–Crippen LogP) is 2.39. The van der Waals surface area contributed by atoms with E-state index in [0.29, 0.717) is 13.1 Å². The van der Waals surface area contributed by atoms with Gasteiger partial charge in [-0.25, -0.2) is 4.79 Å². The van der Waals surface area contributed by atoms with Crippen LogP contribution in [0.25, 0.3) is 0 Å². The lowest BCUT2D eigenvalue weighted by atomic mass is 10.0. The Kier molecular flexibility index (Phi) is 4.32. The van der Waals surface area contributed by atoms with Crippen molar-refractivity contribution in [1.29, 1.82) is 0 Å². The summed E-state index contributed by atoms with van der Waals surface area (Å²) in [5.74, 6) is 0.0253. The fourth-order valence-electron chi connectivity index (χ4n) is 1.79. The molecule has 0 spiro atoms. The summed E-state index contributed by atoms with van der Waals surface area (Å²) in [7, 11) is 0. The minimum atomic E-state index is -0.484. The molecule has 0 bridgehead atoms. The van der Waals surface area contributed by atoms with Gasteiger partial charge in [0, 0.05) is 19.0 Å². The first-order valence-corrected chi connectivity index (χ1v) is 5.98. The third-order valence-electron chi connectivity index (χ3n) is 2.57. The third kappa shape index (κ3) is 4.21. The second kappa shape index (κ2) is 5.34. The van der Waals surface area contributed by atoms with Crippen molar-refractivity contribution in [3.8, 4) is 0 Å². The molecule has 1 saturated heterocycles. The largest absolute Gasteiger partial charge is 0.444 e. The number of hydrogen-bond donors (Lipinski definition) is 0. The second-order valence-corrected chi connectivity index (χ2v) is 5.31. The molecule has 0 aromatic heterocycles. The minimum Gasteiger partial charge on any atom is -0.444 e. The lowest BCUT2D eigenvalue weighted by molar-refractivity contribution is -0.117. The number of rotatable bonds is 2. The number of carbonyl (C=O) groups excluding carboxylic acids is 2. The first-order valence-electron chi connectivity index (χ1n) is 5.98. The maximum atomic E-state index is 11.8. The van der Waals surface area contributed by atoms with Crippen molar-refractivity contribution < 1.29 is 14.3 Å². The molecular formula is C13H21NO3. The number of likely N-dealkylation sites (tertiary alicyclic amines) is 1. The summed E-state index contributed by atoms with van der Waals surface area (Å²) in [6.07, 6.45) is 3.71. The van der Waals surface area contributed by atoms with Crippen molar-refractivity contribution in [3.63, 3.8) is 0 Å². The number of amides is 1. The predicted molar refractivity (Wildman–Crippen MR) is 65.7 cm³/mol. The number of ketones is 1. The Balaban J connectivity index is 2.50. The molecule has 0 aliphatic carbocycles. The molecule has 0 aromatic rings. The summed E-state index contributed by atoms with van der Waals surface area (Å²) >= 11 is 0. The van der Waals surface area contributed by atoms with Crippen LogP contribution in [0.2, 0.25) is 0 Å². The Labute approximate surface area is 103 Å². The Morgan fingerprint density at radius 3 is 2.53 bits per heavy atom. The van der Waals surface area contributed by atoms with Crippen molar-refractivity contribution in [2.75, 3.05) is 13.1 Å². The van der Waals surface area contributed by atoms with Crippen LogP contribution in [0.3, 0.4) is 0 Å². The van der Waals surface area contributed by atoms with E-state index in [2.05, 4.69) is 0 Å². The van der Waals surface area contributed by atoms with Crippen molar-refractivity contribution >= 4 is 11.9 Å². The molecule has 1 atom stereocenters. The molecule has 1 fully saturated rings. The van der Waals surface area contributed by atoms with Gasteiger partial charge in [0.25, 0.3) is 0 Å². The highest BCUT2D eigenvalue weighted by Gasteiger charge is 2.32. The Morgan fingerprint density at radius 2 is 2.00 bits per heavy atom. The van der Waals surface area contributed by atoms with E-state index in [1.807, 2.05) is 27.7 Å². The number of hydrogen-bond acceptors (Lipinski definition) is 3.